The molecule has 2 aromatic rings. The zero-order valence-electron chi connectivity index (χ0n) is 17.2. The van der Waals surface area contributed by atoms with Crippen LogP contribution in [-0.4, -0.2) is 47.1 Å². The van der Waals surface area contributed by atoms with Crippen LogP contribution >= 0.6 is 11.8 Å². The Balaban J connectivity index is 1.73. The summed E-state index contributed by atoms with van der Waals surface area (Å²) in [6.45, 7) is 6.84. The van der Waals surface area contributed by atoms with Gasteiger partial charge in [0, 0.05) is 33.1 Å². The lowest BCUT2D eigenvalue weighted by Gasteiger charge is -2.13. The minimum atomic E-state index is -0.199. The molecule has 1 heterocycles. The van der Waals surface area contributed by atoms with Crippen molar-refractivity contribution in [2.45, 2.75) is 44.8 Å². The van der Waals surface area contributed by atoms with Gasteiger partial charge in [0.15, 0.2) is 11.1 Å². The quantitative estimate of drug-likeness (QED) is 0.275. The van der Waals surface area contributed by atoms with Gasteiger partial charge in [-0.2, -0.15) is 0 Å². The number of aliphatic imine (C=N–C) groups is 1. The third-order valence-corrected chi connectivity index (χ3v) is 4.88. The van der Waals surface area contributed by atoms with Crippen molar-refractivity contribution in [3.8, 4) is 0 Å². The number of aromatic nitrogens is 3. The number of thioether (sulfide) groups is 1. The van der Waals surface area contributed by atoms with E-state index in [1.807, 2.05) is 12.3 Å². The average Bonchev–Trinajstić information content (AvgIpc) is 3.04. The summed E-state index contributed by atoms with van der Waals surface area (Å²) in [6.07, 6.45) is 4.59. The summed E-state index contributed by atoms with van der Waals surface area (Å²) in [5.74, 6) is 2.15. The molecule has 2 rings (SSSR count). The standard InChI is InChI=1S/C20H31FN6S/c1-15(2)14-27-18(25-26-20(27)28-4)9-6-11-23-19(22-3)24-12-10-16-7-5-8-17(21)13-16/h5,7-8,13,15H,6,9-12,14H2,1-4H3,(H2,22,23,24). The highest BCUT2D eigenvalue weighted by molar-refractivity contribution is 7.98. The van der Waals surface area contributed by atoms with Crippen molar-refractivity contribution in [1.29, 1.82) is 0 Å². The first-order valence-corrected chi connectivity index (χ1v) is 10.9. The fourth-order valence-electron chi connectivity index (χ4n) is 2.90. The Kier molecular flexibility index (Phi) is 9.27. The van der Waals surface area contributed by atoms with Gasteiger partial charge in [-0.05, 0) is 42.7 Å². The molecule has 6 nitrogen and oxygen atoms in total. The average molecular weight is 407 g/mol. The molecular formula is C20H31FN6S. The highest BCUT2D eigenvalue weighted by atomic mass is 32.2. The molecule has 0 aliphatic carbocycles. The summed E-state index contributed by atoms with van der Waals surface area (Å²) < 4.78 is 15.4. The van der Waals surface area contributed by atoms with Crippen LogP contribution in [0, 0.1) is 11.7 Å². The van der Waals surface area contributed by atoms with E-state index in [-0.39, 0.29) is 5.82 Å². The number of halogens is 1. The number of benzene rings is 1. The highest BCUT2D eigenvalue weighted by Crippen LogP contribution is 2.16. The van der Waals surface area contributed by atoms with Gasteiger partial charge in [-0.1, -0.05) is 37.7 Å². The smallest absolute Gasteiger partial charge is 0.190 e. The molecule has 0 saturated heterocycles. The Bertz CT molecular complexity index is 759. The zero-order chi connectivity index (χ0) is 20.4. The van der Waals surface area contributed by atoms with Crippen LogP contribution < -0.4 is 10.6 Å². The van der Waals surface area contributed by atoms with Gasteiger partial charge in [0.05, 0.1) is 0 Å². The van der Waals surface area contributed by atoms with Crippen molar-refractivity contribution in [2.24, 2.45) is 10.9 Å². The first kappa shape index (κ1) is 22.2. The molecule has 1 aromatic carbocycles. The number of aryl methyl sites for hydroxylation is 1. The van der Waals surface area contributed by atoms with Crippen LogP contribution in [0.2, 0.25) is 0 Å². The van der Waals surface area contributed by atoms with Crippen LogP contribution in [0.3, 0.4) is 0 Å². The van der Waals surface area contributed by atoms with E-state index < -0.39 is 0 Å². The van der Waals surface area contributed by atoms with Crippen LogP contribution in [0.25, 0.3) is 0 Å². The maximum absolute atomic E-state index is 13.2. The van der Waals surface area contributed by atoms with Gasteiger partial charge in [-0.3, -0.25) is 4.99 Å². The molecule has 0 spiro atoms. The lowest BCUT2D eigenvalue weighted by Crippen LogP contribution is -2.38. The van der Waals surface area contributed by atoms with E-state index in [1.165, 1.54) is 6.07 Å². The van der Waals surface area contributed by atoms with Crippen molar-refractivity contribution in [1.82, 2.24) is 25.4 Å². The van der Waals surface area contributed by atoms with Crippen LogP contribution in [-0.2, 0) is 19.4 Å². The normalized spacial score (nSPS) is 11.9. The third-order valence-electron chi connectivity index (χ3n) is 4.21. The van der Waals surface area contributed by atoms with Crippen molar-refractivity contribution in [3.05, 3.63) is 41.5 Å². The van der Waals surface area contributed by atoms with E-state index in [1.54, 1.807) is 30.9 Å². The minimum absolute atomic E-state index is 0.199. The summed E-state index contributed by atoms with van der Waals surface area (Å²) >= 11 is 1.64. The van der Waals surface area contributed by atoms with E-state index in [9.17, 15) is 4.39 Å². The Hall–Kier alpha value is -2.09. The molecule has 1 aromatic heterocycles. The molecule has 0 atom stereocenters. The van der Waals surface area contributed by atoms with Crippen molar-refractivity contribution >= 4 is 17.7 Å². The molecule has 28 heavy (non-hydrogen) atoms. The molecule has 0 unspecified atom stereocenters. The summed E-state index contributed by atoms with van der Waals surface area (Å²) in [6, 6.07) is 6.69. The first-order valence-electron chi connectivity index (χ1n) is 9.68. The SMILES string of the molecule is CN=C(NCCCc1nnc(SC)n1CC(C)C)NCCc1cccc(F)c1. The minimum Gasteiger partial charge on any atom is -0.356 e. The number of rotatable bonds is 10. The second kappa shape index (κ2) is 11.7. The monoisotopic (exact) mass is 406 g/mol. The van der Waals surface area contributed by atoms with E-state index in [4.69, 9.17) is 0 Å². The van der Waals surface area contributed by atoms with Gasteiger partial charge in [0.2, 0.25) is 0 Å². The predicted octanol–water partition coefficient (Wildman–Crippen LogP) is 3.14. The molecule has 0 aliphatic rings. The van der Waals surface area contributed by atoms with E-state index in [0.29, 0.717) is 12.5 Å². The largest absolute Gasteiger partial charge is 0.356 e. The summed E-state index contributed by atoms with van der Waals surface area (Å²) in [7, 11) is 1.75. The first-order chi connectivity index (χ1) is 13.5. The number of hydrogen-bond donors (Lipinski definition) is 2. The Morgan fingerprint density at radius 3 is 2.68 bits per heavy atom. The molecule has 0 aliphatic heterocycles. The van der Waals surface area contributed by atoms with Gasteiger partial charge in [-0.15, -0.1) is 10.2 Å². The maximum Gasteiger partial charge on any atom is 0.190 e. The van der Waals surface area contributed by atoms with Crippen molar-refractivity contribution in [3.63, 3.8) is 0 Å². The molecular weight excluding hydrogens is 375 g/mol. The van der Waals surface area contributed by atoms with Gasteiger partial charge in [-0.25, -0.2) is 4.39 Å². The summed E-state index contributed by atoms with van der Waals surface area (Å²) in [4.78, 5) is 4.24. The summed E-state index contributed by atoms with van der Waals surface area (Å²) in [5, 5.41) is 16.2. The highest BCUT2D eigenvalue weighted by Gasteiger charge is 2.12. The van der Waals surface area contributed by atoms with E-state index in [2.05, 4.69) is 44.2 Å². The van der Waals surface area contributed by atoms with Crippen molar-refractivity contribution < 1.29 is 4.39 Å². The fourth-order valence-corrected chi connectivity index (χ4v) is 3.42. The third kappa shape index (κ3) is 7.14. The lowest BCUT2D eigenvalue weighted by atomic mass is 10.1. The van der Waals surface area contributed by atoms with E-state index in [0.717, 1.165) is 54.9 Å². The lowest BCUT2D eigenvalue weighted by molar-refractivity contribution is 0.477. The van der Waals surface area contributed by atoms with E-state index >= 15 is 0 Å². The molecule has 154 valence electrons. The van der Waals surface area contributed by atoms with Crippen LogP contribution in [0.15, 0.2) is 34.4 Å². The molecule has 0 fully saturated rings. The Morgan fingerprint density at radius 1 is 1.21 bits per heavy atom. The van der Waals surface area contributed by atoms with Gasteiger partial charge in [0.25, 0.3) is 0 Å². The number of nitrogens with one attached hydrogen (secondary N) is 2. The molecule has 0 radical (unpaired) electrons. The molecule has 0 bridgehead atoms. The summed E-state index contributed by atoms with van der Waals surface area (Å²) in [5.41, 5.74) is 0.969. The van der Waals surface area contributed by atoms with Gasteiger partial charge in [0.1, 0.15) is 11.6 Å². The Labute approximate surface area is 171 Å². The molecule has 0 saturated carbocycles. The van der Waals surface area contributed by atoms with Crippen LogP contribution in [0.5, 0.6) is 0 Å². The molecule has 8 heteroatoms. The second-order valence-corrected chi connectivity index (χ2v) is 7.79. The zero-order valence-corrected chi connectivity index (χ0v) is 18.0. The van der Waals surface area contributed by atoms with Crippen LogP contribution in [0.4, 0.5) is 4.39 Å². The van der Waals surface area contributed by atoms with Crippen molar-refractivity contribution in [2.75, 3.05) is 26.4 Å². The maximum atomic E-state index is 13.2. The molecule has 2 N–H and O–H groups in total. The Morgan fingerprint density at radius 2 is 2.00 bits per heavy atom. The van der Waals surface area contributed by atoms with Crippen LogP contribution in [0.1, 0.15) is 31.7 Å². The number of nitrogens with zero attached hydrogens (tertiary/aromatic N) is 4. The van der Waals surface area contributed by atoms with Gasteiger partial charge >= 0.3 is 0 Å². The topological polar surface area (TPSA) is 67.1 Å². The van der Waals surface area contributed by atoms with Gasteiger partial charge < -0.3 is 15.2 Å². The number of guanidine groups is 1. The fraction of sp³-hybridized carbons (Fsp3) is 0.550. The second-order valence-electron chi connectivity index (χ2n) is 7.02. The number of hydrogen-bond acceptors (Lipinski definition) is 4. The molecule has 0 amide bonds. The predicted molar refractivity (Wildman–Crippen MR) is 114 cm³/mol.